The summed E-state index contributed by atoms with van der Waals surface area (Å²) in [4.78, 5) is 0. The van der Waals surface area contributed by atoms with Crippen LogP contribution >= 0.6 is 11.6 Å². The predicted molar refractivity (Wildman–Crippen MR) is 73.3 cm³/mol. The lowest BCUT2D eigenvalue weighted by Crippen LogP contribution is -1.95. The van der Waals surface area contributed by atoms with E-state index in [1.807, 2.05) is 0 Å². The predicted octanol–water partition coefficient (Wildman–Crippen LogP) is 2.25. The van der Waals surface area contributed by atoms with Crippen molar-refractivity contribution >= 4 is 11.6 Å². The summed E-state index contributed by atoms with van der Waals surface area (Å²) >= 11 is 5.96. The third-order valence-electron chi connectivity index (χ3n) is 3.00. The minimum absolute atomic E-state index is 0.0180. The molecule has 0 aliphatic rings. The van der Waals surface area contributed by atoms with E-state index < -0.39 is 6.61 Å². The van der Waals surface area contributed by atoms with Crippen LogP contribution in [0, 0.1) is 0 Å². The number of aromatic hydroxyl groups is 4. The molecule has 0 aliphatic heterocycles. The number of phenols is 4. The zero-order chi connectivity index (χ0) is 14.9. The fourth-order valence-corrected chi connectivity index (χ4v) is 2.19. The van der Waals surface area contributed by atoms with Gasteiger partial charge in [0.1, 0.15) is 23.0 Å². The van der Waals surface area contributed by atoms with Crippen LogP contribution in [0.25, 0.3) is 0 Å². The maximum atomic E-state index is 9.90. The Morgan fingerprint density at radius 1 is 0.900 bits per heavy atom. The summed E-state index contributed by atoms with van der Waals surface area (Å²) < 4.78 is 0. The van der Waals surface area contributed by atoms with Crippen LogP contribution in [0.5, 0.6) is 23.0 Å². The molecule has 0 unspecified atom stereocenters. The second kappa shape index (κ2) is 5.48. The molecule has 0 aromatic heterocycles. The molecule has 0 heterocycles. The van der Waals surface area contributed by atoms with Crippen LogP contribution < -0.4 is 0 Å². The molecule has 6 heteroatoms. The number of aliphatic hydroxyl groups is 1. The van der Waals surface area contributed by atoms with Gasteiger partial charge >= 0.3 is 0 Å². The smallest absolute Gasteiger partial charge is 0.140 e. The third kappa shape index (κ3) is 2.59. The summed E-state index contributed by atoms with van der Waals surface area (Å²) in [5.41, 5.74) is 0.650. The molecule has 5 nitrogen and oxygen atoms in total. The molecule has 2 aromatic carbocycles. The number of aliphatic hydroxyl groups excluding tert-OH is 1. The Balaban J connectivity index is 2.49. The average Bonchev–Trinajstić information content (AvgIpc) is 2.42. The van der Waals surface area contributed by atoms with Gasteiger partial charge in [0.15, 0.2) is 0 Å². The molecule has 0 amide bonds. The largest absolute Gasteiger partial charge is 0.508 e. The van der Waals surface area contributed by atoms with Crippen molar-refractivity contribution in [2.45, 2.75) is 13.0 Å². The molecule has 0 radical (unpaired) electrons. The highest BCUT2D eigenvalue weighted by Crippen LogP contribution is 2.39. The molecule has 5 N–H and O–H groups in total. The number of halogens is 1. The van der Waals surface area contributed by atoms with E-state index in [9.17, 15) is 20.4 Å². The molecule has 0 atom stereocenters. The SMILES string of the molecule is OCc1cc(O)c(Cc2cc(O)ccc2O)c(Cl)c1O. The molecule has 0 spiro atoms. The molecular formula is C14H13ClO5. The van der Waals surface area contributed by atoms with Crippen LogP contribution in [-0.2, 0) is 13.0 Å². The first kappa shape index (κ1) is 14.3. The van der Waals surface area contributed by atoms with E-state index in [0.717, 1.165) is 0 Å². The van der Waals surface area contributed by atoms with E-state index in [4.69, 9.17) is 16.7 Å². The fourth-order valence-electron chi connectivity index (χ4n) is 1.91. The monoisotopic (exact) mass is 296 g/mol. The zero-order valence-electron chi connectivity index (χ0n) is 10.3. The molecule has 0 saturated carbocycles. The van der Waals surface area contributed by atoms with Crippen LogP contribution in [-0.4, -0.2) is 25.5 Å². The van der Waals surface area contributed by atoms with Crippen molar-refractivity contribution in [3.63, 3.8) is 0 Å². The van der Waals surface area contributed by atoms with Gasteiger partial charge in [-0.2, -0.15) is 0 Å². The van der Waals surface area contributed by atoms with Crippen molar-refractivity contribution in [2.75, 3.05) is 0 Å². The van der Waals surface area contributed by atoms with Gasteiger partial charge in [0, 0.05) is 23.1 Å². The van der Waals surface area contributed by atoms with E-state index in [1.54, 1.807) is 0 Å². The van der Waals surface area contributed by atoms with Crippen LogP contribution in [0.1, 0.15) is 16.7 Å². The van der Waals surface area contributed by atoms with E-state index in [1.165, 1.54) is 24.3 Å². The third-order valence-corrected chi connectivity index (χ3v) is 3.40. The summed E-state index contributed by atoms with van der Waals surface area (Å²) in [6, 6.07) is 5.18. The minimum atomic E-state index is -0.462. The molecule has 0 bridgehead atoms. The maximum Gasteiger partial charge on any atom is 0.140 e. The van der Waals surface area contributed by atoms with Crippen LogP contribution in [0.15, 0.2) is 24.3 Å². The molecule has 2 aromatic rings. The summed E-state index contributed by atoms with van der Waals surface area (Å²) in [5, 5.41) is 47.7. The number of benzene rings is 2. The first-order valence-electron chi connectivity index (χ1n) is 5.78. The van der Waals surface area contributed by atoms with Crippen molar-refractivity contribution in [1.82, 2.24) is 0 Å². The quantitative estimate of drug-likeness (QED) is 0.559. The molecule has 2 rings (SSSR count). The molecule has 0 saturated heterocycles. The average molecular weight is 297 g/mol. The molecule has 0 aliphatic carbocycles. The summed E-state index contributed by atoms with van der Waals surface area (Å²) in [6.45, 7) is -0.462. The van der Waals surface area contributed by atoms with Crippen molar-refractivity contribution in [2.24, 2.45) is 0 Å². The van der Waals surface area contributed by atoms with Gasteiger partial charge in [-0.05, 0) is 24.3 Å². The highest BCUT2D eigenvalue weighted by Gasteiger charge is 2.17. The number of hydrogen-bond acceptors (Lipinski definition) is 5. The summed E-state index contributed by atoms with van der Waals surface area (Å²) in [6.07, 6.45) is 0.0180. The Morgan fingerprint density at radius 3 is 2.25 bits per heavy atom. The van der Waals surface area contributed by atoms with E-state index >= 15 is 0 Å². The Morgan fingerprint density at radius 2 is 1.60 bits per heavy atom. The van der Waals surface area contributed by atoms with E-state index in [-0.39, 0.29) is 45.6 Å². The van der Waals surface area contributed by atoms with E-state index in [0.29, 0.717) is 5.56 Å². The zero-order valence-corrected chi connectivity index (χ0v) is 11.1. The molecule has 106 valence electrons. The van der Waals surface area contributed by atoms with Crippen molar-refractivity contribution in [1.29, 1.82) is 0 Å². The molecule has 0 fully saturated rings. The standard InChI is InChI=1S/C14H13ClO5/c15-13-10(12(19)5-8(6-16)14(13)20)4-7-3-9(17)1-2-11(7)18/h1-3,5,16-20H,4,6H2. The topological polar surface area (TPSA) is 101 Å². The van der Waals surface area contributed by atoms with E-state index in [2.05, 4.69) is 0 Å². The first-order valence-corrected chi connectivity index (χ1v) is 6.15. The van der Waals surface area contributed by atoms with Gasteiger partial charge in [0.25, 0.3) is 0 Å². The van der Waals surface area contributed by atoms with Gasteiger partial charge in [0.05, 0.1) is 11.6 Å². The first-order chi connectivity index (χ1) is 9.43. The lowest BCUT2D eigenvalue weighted by atomic mass is 10.0. The Hall–Kier alpha value is -2.11. The van der Waals surface area contributed by atoms with Crippen LogP contribution in [0.4, 0.5) is 0 Å². The summed E-state index contributed by atoms with van der Waals surface area (Å²) in [5.74, 6) is -0.630. The Kier molecular flexibility index (Phi) is 3.92. The molecular weight excluding hydrogens is 284 g/mol. The van der Waals surface area contributed by atoms with Gasteiger partial charge in [-0.15, -0.1) is 0 Å². The number of hydrogen-bond donors (Lipinski definition) is 5. The fraction of sp³-hybridized carbons (Fsp3) is 0.143. The second-order valence-corrected chi connectivity index (χ2v) is 4.72. The highest BCUT2D eigenvalue weighted by atomic mass is 35.5. The number of rotatable bonds is 3. The van der Waals surface area contributed by atoms with Crippen LogP contribution in [0.2, 0.25) is 5.02 Å². The summed E-state index contributed by atoms with van der Waals surface area (Å²) in [7, 11) is 0. The molecule has 20 heavy (non-hydrogen) atoms. The minimum Gasteiger partial charge on any atom is -0.508 e. The van der Waals surface area contributed by atoms with Crippen molar-refractivity contribution < 1.29 is 25.5 Å². The van der Waals surface area contributed by atoms with Crippen molar-refractivity contribution in [3.05, 3.63) is 46.0 Å². The lowest BCUT2D eigenvalue weighted by molar-refractivity contribution is 0.274. The van der Waals surface area contributed by atoms with Crippen molar-refractivity contribution in [3.8, 4) is 23.0 Å². The van der Waals surface area contributed by atoms with Crippen LogP contribution in [0.3, 0.4) is 0 Å². The lowest BCUT2D eigenvalue weighted by Gasteiger charge is -2.13. The second-order valence-electron chi connectivity index (χ2n) is 4.34. The van der Waals surface area contributed by atoms with Gasteiger partial charge in [0.2, 0.25) is 0 Å². The van der Waals surface area contributed by atoms with Gasteiger partial charge in [-0.3, -0.25) is 0 Å². The van der Waals surface area contributed by atoms with Gasteiger partial charge in [-0.1, -0.05) is 11.6 Å². The van der Waals surface area contributed by atoms with Gasteiger partial charge < -0.3 is 25.5 Å². The highest BCUT2D eigenvalue weighted by molar-refractivity contribution is 6.33. The number of phenolic OH excluding ortho intramolecular Hbond substituents is 3. The maximum absolute atomic E-state index is 9.90. The van der Waals surface area contributed by atoms with Gasteiger partial charge in [-0.25, -0.2) is 0 Å². The normalized spacial score (nSPS) is 10.7. The Labute approximate surface area is 119 Å². The Bertz CT molecular complexity index is 654.